The second kappa shape index (κ2) is 4.87. The first-order valence-electron chi connectivity index (χ1n) is 7.04. The van der Waals surface area contributed by atoms with Gasteiger partial charge in [0.1, 0.15) is 5.60 Å². The zero-order valence-corrected chi connectivity index (χ0v) is 12.1. The Balaban J connectivity index is 1.61. The summed E-state index contributed by atoms with van der Waals surface area (Å²) >= 11 is 0. The van der Waals surface area contributed by atoms with E-state index in [9.17, 15) is 18.3 Å². The summed E-state index contributed by atoms with van der Waals surface area (Å²) < 4.78 is 40.0. The molecule has 7 nitrogen and oxygen atoms in total. The fraction of sp³-hybridized carbons (Fsp3) is 0.286. The van der Waals surface area contributed by atoms with Crippen molar-refractivity contribution in [2.45, 2.75) is 11.8 Å². The molecule has 2 aromatic heterocycles. The lowest BCUT2D eigenvalue weighted by Crippen LogP contribution is -2.60. The number of hydrogen-bond acceptors (Lipinski definition) is 6. The van der Waals surface area contributed by atoms with Gasteiger partial charge in [-0.15, -0.1) is 5.10 Å². The number of aromatic nitrogens is 5. The lowest BCUT2D eigenvalue weighted by atomic mass is 9.85. The van der Waals surface area contributed by atoms with Gasteiger partial charge in [0, 0.05) is 0 Å². The number of anilines is 1. The average molecular weight is 336 g/mol. The Kier molecular flexibility index (Phi) is 3.01. The molecule has 0 atom stereocenters. The van der Waals surface area contributed by atoms with E-state index in [0.29, 0.717) is 11.5 Å². The van der Waals surface area contributed by atoms with Crippen LogP contribution in [0, 0.1) is 0 Å². The van der Waals surface area contributed by atoms with Gasteiger partial charge in [-0.2, -0.15) is 17.7 Å². The molecule has 1 aliphatic rings. The van der Waals surface area contributed by atoms with Crippen molar-refractivity contribution < 1.29 is 18.3 Å². The smallest absolute Gasteiger partial charge is 0.381 e. The summed E-state index contributed by atoms with van der Waals surface area (Å²) in [5, 5.41) is 21.8. The Morgan fingerprint density at radius 3 is 2.71 bits per heavy atom. The maximum atomic E-state index is 12.8. The number of tetrazole rings is 1. The molecule has 10 heteroatoms. The van der Waals surface area contributed by atoms with Crippen molar-refractivity contribution in [2.75, 3.05) is 18.0 Å². The van der Waals surface area contributed by atoms with E-state index in [1.807, 2.05) is 0 Å². The quantitative estimate of drug-likeness (QED) is 0.759. The average Bonchev–Trinajstić information content (AvgIpc) is 3.00. The van der Waals surface area contributed by atoms with E-state index in [-0.39, 0.29) is 18.7 Å². The summed E-state index contributed by atoms with van der Waals surface area (Å²) in [5.74, 6) is 0.564. The number of alkyl halides is 3. The highest BCUT2D eigenvalue weighted by Crippen LogP contribution is 2.37. The van der Waals surface area contributed by atoms with Gasteiger partial charge in [-0.1, -0.05) is 12.1 Å². The van der Waals surface area contributed by atoms with Crippen LogP contribution in [-0.4, -0.2) is 43.2 Å². The molecule has 1 aliphatic heterocycles. The van der Waals surface area contributed by atoms with Crippen LogP contribution in [0.15, 0.2) is 36.7 Å². The van der Waals surface area contributed by atoms with E-state index in [0.717, 1.165) is 12.1 Å². The fourth-order valence-corrected chi connectivity index (χ4v) is 2.79. The topological polar surface area (TPSA) is 79.4 Å². The van der Waals surface area contributed by atoms with Gasteiger partial charge >= 0.3 is 6.18 Å². The largest absolute Gasteiger partial charge is 0.416 e. The SMILES string of the molecule is OC1(c2cccc(C(F)(F)F)c2)CN(c2cncc3nnnn23)C1. The van der Waals surface area contributed by atoms with Crippen molar-refractivity contribution in [3.8, 4) is 0 Å². The number of aliphatic hydroxyl groups is 1. The van der Waals surface area contributed by atoms with Gasteiger partial charge in [0.05, 0.1) is 31.0 Å². The third-order valence-corrected chi connectivity index (χ3v) is 4.05. The second-order valence-electron chi connectivity index (χ2n) is 5.68. The molecule has 4 rings (SSSR count). The molecule has 0 aliphatic carbocycles. The summed E-state index contributed by atoms with van der Waals surface area (Å²) in [6.45, 7) is 0.240. The normalized spacial score (nSPS) is 17.1. The highest BCUT2D eigenvalue weighted by molar-refractivity contribution is 5.51. The molecular weight excluding hydrogens is 325 g/mol. The molecule has 3 aromatic rings. The molecule has 1 fully saturated rings. The number of halogens is 3. The van der Waals surface area contributed by atoms with Crippen molar-refractivity contribution in [1.82, 2.24) is 25.0 Å². The monoisotopic (exact) mass is 336 g/mol. The van der Waals surface area contributed by atoms with Crippen LogP contribution in [0.1, 0.15) is 11.1 Å². The van der Waals surface area contributed by atoms with E-state index < -0.39 is 17.3 Å². The Hall–Kier alpha value is -2.75. The molecule has 1 saturated heterocycles. The molecular formula is C14H11F3N6O. The summed E-state index contributed by atoms with van der Waals surface area (Å²) in [4.78, 5) is 5.77. The zero-order valence-electron chi connectivity index (χ0n) is 12.1. The van der Waals surface area contributed by atoms with Crippen LogP contribution >= 0.6 is 0 Å². The van der Waals surface area contributed by atoms with E-state index in [4.69, 9.17) is 0 Å². The fourth-order valence-electron chi connectivity index (χ4n) is 2.79. The summed E-state index contributed by atoms with van der Waals surface area (Å²) in [5.41, 5.74) is -1.47. The maximum Gasteiger partial charge on any atom is 0.416 e. The van der Waals surface area contributed by atoms with Crippen molar-refractivity contribution in [3.63, 3.8) is 0 Å². The van der Waals surface area contributed by atoms with Crippen LogP contribution in [0.5, 0.6) is 0 Å². The molecule has 1 aromatic carbocycles. The van der Waals surface area contributed by atoms with Gasteiger partial charge < -0.3 is 10.0 Å². The number of rotatable bonds is 2. The van der Waals surface area contributed by atoms with Crippen LogP contribution in [-0.2, 0) is 11.8 Å². The molecule has 0 spiro atoms. The van der Waals surface area contributed by atoms with E-state index in [1.165, 1.54) is 29.0 Å². The summed E-state index contributed by atoms with van der Waals surface area (Å²) in [6, 6.07) is 4.74. The molecule has 24 heavy (non-hydrogen) atoms. The van der Waals surface area contributed by atoms with Gasteiger partial charge in [-0.3, -0.25) is 4.98 Å². The number of β-amino-alcohol motifs (C(OH)–C–C–N with tert-alkyl or cyclic N) is 1. The van der Waals surface area contributed by atoms with Crippen LogP contribution in [0.3, 0.4) is 0 Å². The number of benzene rings is 1. The van der Waals surface area contributed by atoms with Gasteiger partial charge in [0.2, 0.25) is 0 Å². The number of hydrogen-bond donors (Lipinski definition) is 1. The molecule has 0 saturated carbocycles. The maximum absolute atomic E-state index is 12.8. The van der Waals surface area contributed by atoms with Crippen molar-refractivity contribution in [2.24, 2.45) is 0 Å². The van der Waals surface area contributed by atoms with Crippen molar-refractivity contribution in [1.29, 1.82) is 0 Å². The van der Waals surface area contributed by atoms with Gasteiger partial charge in [-0.05, 0) is 28.1 Å². The Morgan fingerprint density at radius 2 is 1.96 bits per heavy atom. The molecule has 0 unspecified atom stereocenters. The zero-order chi connectivity index (χ0) is 16.9. The van der Waals surface area contributed by atoms with Gasteiger partial charge in [0.25, 0.3) is 0 Å². The molecule has 124 valence electrons. The van der Waals surface area contributed by atoms with Crippen molar-refractivity contribution >= 4 is 11.5 Å². The minimum absolute atomic E-state index is 0.120. The third kappa shape index (κ3) is 2.26. The lowest BCUT2D eigenvalue weighted by molar-refractivity contribution is -0.137. The Bertz CT molecular complexity index is 903. The molecule has 0 bridgehead atoms. The molecule has 1 N–H and O–H groups in total. The molecule has 3 heterocycles. The predicted octanol–water partition coefficient (Wildman–Crippen LogP) is 1.25. The van der Waals surface area contributed by atoms with Gasteiger partial charge in [0.15, 0.2) is 11.5 Å². The van der Waals surface area contributed by atoms with Crippen molar-refractivity contribution in [3.05, 3.63) is 47.8 Å². The molecule has 0 amide bonds. The third-order valence-electron chi connectivity index (χ3n) is 4.05. The van der Waals surface area contributed by atoms with Gasteiger partial charge in [-0.25, -0.2) is 0 Å². The summed E-state index contributed by atoms with van der Waals surface area (Å²) in [7, 11) is 0. The van der Waals surface area contributed by atoms with E-state index >= 15 is 0 Å². The Morgan fingerprint density at radius 1 is 1.17 bits per heavy atom. The second-order valence-corrected chi connectivity index (χ2v) is 5.68. The Labute approximate surface area is 133 Å². The summed E-state index contributed by atoms with van der Waals surface area (Å²) in [6.07, 6.45) is -1.42. The van der Waals surface area contributed by atoms with Crippen LogP contribution in [0.4, 0.5) is 19.0 Å². The first-order valence-corrected chi connectivity index (χ1v) is 7.04. The highest BCUT2D eigenvalue weighted by Gasteiger charge is 2.45. The van der Waals surface area contributed by atoms with E-state index in [1.54, 1.807) is 4.90 Å². The van der Waals surface area contributed by atoms with Crippen LogP contribution in [0.2, 0.25) is 0 Å². The van der Waals surface area contributed by atoms with E-state index in [2.05, 4.69) is 20.5 Å². The minimum Gasteiger partial charge on any atom is -0.381 e. The minimum atomic E-state index is -4.45. The number of fused-ring (bicyclic) bond motifs is 1. The number of nitrogens with zero attached hydrogens (tertiary/aromatic N) is 6. The standard InChI is InChI=1S/C14H11F3N6O/c15-14(16,17)10-3-1-2-9(4-10)13(24)7-22(8-13)12-6-18-5-11-19-20-21-23(11)12/h1-6,24H,7-8H2. The lowest BCUT2D eigenvalue weighted by Gasteiger charge is -2.47. The van der Waals surface area contributed by atoms with Crippen LogP contribution in [0.25, 0.3) is 5.65 Å². The highest BCUT2D eigenvalue weighted by atomic mass is 19.4. The molecule has 0 radical (unpaired) electrons. The van der Waals surface area contributed by atoms with Crippen LogP contribution < -0.4 is 4.90 Å². The first-order chi connectivity index (χ1) is 11.4. The predicted molar refractivity (Wildman–Crippen MR) is 76.1 cm³/mol. The first kappa shape index (κ1) is 14.8.